The lowest BCUT2D eigenvalue weighted by Gasteiger charge is -2.15. The van der Waals surface area contributed by atoms with Crippen molar-refractivity contribution in [2.24, 2.45) is 7.05 Å². The molecule has 0 amide bonds. The van der Waals surface area contributed by atoms with E-state index in [1.165, 1.54) is 0 Å². The van der Waals surface area contributed by atoms with Gasteiger partial charge >= 0.3 is 0 Å². The first-order valence-corrected chi connectivity index (χ1v) is 11.9. The largest absolute Gasteiger partial charge is 0.456 e. The van der Waals surface area contributed by atoms with Crippen LogP contribution in [0.3, 0.4) is 0 Å². The molecule has 0 aliphatic carbocycles. The molecule has 0 fully saturated rings. The normalized spacial score (nSPS) is 12.6. The maximum Gasteiger partial charge on any atom is 0.216 e. The molecule has 3 nitrogen and oxygen atoms in total. The van der Waals surface area contributed by atoms with Crippen LogP contribution in [0.15, 0.2) is 59.0 Å². The van der Waals surface area contributed by atoms with E-state index in [-0.39, 0.29) is 0 Å². The monoisotopic (exact) mass is 461 g/mol. The highest BCUT2D eigenvalue weighted by molar-refractivity contribution is 6.15. The van der Waals surface area contributed by atoms with Crippen LogP contribution in [0.5, 0.6) is 0 Å². The van der Waals surface area contributed by atoms with Crippen LogP contribution in [0, 0.1) is 34.3 Å². The van der Waals surface area contributed by atoms with Gasteiger partial charge in [-0.15, -0.1) is 0 Å². The Morgan fingerprint density at radius 2 is 1.51 bits per heavy atom. The number of aromatic nitrogens is 1. The number of fused-ring (bicyclic) bond motifs is 3. The summed E-state index contributed by atoms with van der Waals surface area (Å²) in [6, 6.07) is 16.6. The minimum absolute atomic E-state index is 0.403. The Bertz CT molecular complexity index is 1740. The van der Waals surface area contributed by atoms with E-state index in [2.05, 4.69) is 17.0 Å². The standard InChI is InChI=1S/C32H31N2O/c1-18(2)28-21(5)17-27(34(8)22(28)6)29-20(4)11-14-24-25-15-16-26(33-7)30(32(25)35-31(24)29)23-12-9-19(3)10-13-23/h9-18H,1-6,8H3/q+1/i17D,18D. The molecule has 0 saturated heterocycles. The van der Waals surface area contributed by atoms with Gasteiger partial charge in [-0.05, 0) is 43.4 Å². The predicted molar refractivity (Wildman–Crippen MR) is 145 cm³/mol. The SMILES string of the molecule is [2H]c1c(C)c(C([2H])(C)C)c(C)[n+](C)c1-c1c(C)ccc2c1oc1c(-c3ccc(C)cc3)c([N+]#[C-])ccc12. The molecule has 3 heteroatoms. The summed E-state index contributed by atoms with van der Waals surface area (Å²) >= 11 is 0. The third-order valence-electron chi connectivity index (χ3n) is 7.07. The maximum absolute atomic E-state index is 9.17. The number of benzene rings is 3. The van der Waals surface area contributed by atoms with Crippen molar-refractivity contribution in [2.45, 2.75) is 47.4 Å². The molecular formula is C32H31N2O+. The van der Waals surface area contributed by atoms with E-state index in [4.69, 9.17) is 12.4 Å². The first-order valence-electron chi connectivity index (χ1n) is 12.9. The molecule has 0 radical (unpaired) electrons. The van der Waals surface area contributed by atoms with Crippen LogP contribution in [-0.2, 0) is 7.05 Å². The minimum Gasteiger partial charge on any atom is -0.456 e. The lowest BCUT2D eigenvalue weighted by Crippen LogP contribution is -2.37. The Balaban J connectivity index is 1.92. The van der Waals surface area contributed by atoms with E-state index in [1.807, 2.05) is 89.6 Å². The summed E-state index contributed by atoms with van der Waals surface area (Å²) in [6.07, 6.45) is 0. The van der Waals surface area contributed by atoms with Crippen LogP contribution < -0.4 is 4.57 Å². The van der Waals surface area contributed by atoms with E-state index in [0.29, 0.717) is 22.9 Å². The van der Waals surface area contributed by atoms with Gasteiger partial charge < -0.3 is 4.42 Å². The highest BCUT2D eigenvalue weighted by Gasteiger charge is 2.26. The van der Waals surface area contributed by atoms with Crippen molar-refractivity contribution >= 4 is 27.6 Å². The molecule has 5 rings (SSSR count). The Kier molecular flexibility index (Phi) is 4.91. The molecule has 0 N–H and O–H groups in total. The fourth-order valence-electron chi connectivity index (χ4n) is 5.28. The second-order valence-electron chi connectivity index (χ2n) is 9.67. The van der Waals surface area contributed by atoms with Crippen LogP contribution in [0.2, 0.25) is 0 Å². The van der Waals surface area contributed by atoms with Gasteiger partial charge in [0.15, 0.2) is 11.4 Å². The van der Waals surface area contributed by atoms with Gasteiger partial charge in [0, 0.05) is 36.2 Å². The second kappa shape index (κ2) is 8.40. The minimum atomic E-state index is -0.820. The molecule has 5 aromatic rings. The maximum atomic E-state index is 9.17. The highest BCUT2D eigenvalue weighted by atomic mass is 16.3. The van der Waals surface area contributed by atoms with Gasteiger partial charge in [-0.2, -0.15) is 4.57 Å². The van der Waals surface area contributed by atoms with Gasteiger partial charge in [0.25, 0.3) is 0 Å². The van der Waals surface area contributed by atoms with Gasteiger partial charge in [-0.3, -0.25) is 0 Å². The second-order valence-corrected chi connectivity index (χ2v) is 9.67. The molecule has 2 heterocycles. The summed E-state index contributed by atoms with van der Waals surface area (Å²) in [7, 11) is 1.97. The predicted octanol–water partition coefficient (Wildman–Crippen LogP) is 8.65. The molecule has 0 spiro atoms. The zero-order valence-electron chi connectivity index (χ0n) is 23.4. The summed E-state index contributed by atoms with van der Waals surface area (Å²) < 4.78 is 26.6. The molecule has 2 aromatic heterocycles. The molecule has 0 aliphatic rings. The summed E-state index contributed by atoms with van der Waals surface area (Å²) in [5, 5.41) is 1.91. The molecule has 0 aliphatic heterocycles. The number of furan rings is 1. The number of hydrogen-bond donors (Lipinski definition) is 0. The first-order chi connectivity index (χ1) is 17.5. The van der Waals surface area contributed by atoms with Crippen molar-refractivity contribution in [2.75, 3.05) is 0 Å². The average Bonchev–Trinajstić information content (AvgIpc) is 3.22. The molecule has 0 saturated carbocycles. The Labute approximate surface area is 210 Å². The smallest absolute Gasteiger partial charge is 0.216 e. The highest BCUT2D eigenvalue weighted by Crippen LogP contribution is 2.44. The van der Waals surface area contributed by atoms with Gasteiger partial charge in [0.1, 0.15) is 18.2 Å². The van der Waals surface area contributed by atoms with Crippen molar-refractivity contribution in [3.05, 3.63) is 93.9 Å². The van der Waals surface area contributed by atoms with E-state index in [9.17, 15) is 1.37 Å². The van der Waals surface area contributed by atoms with Gasteiger partial charge in [-0.1, -0.05) is 67.9 Å². The quantitative estimate of drug-likeness (QED) is 0.195. The van der Waals surface area contributed by atoms with E-state index in [0.717, 1.165) is 61.1 Å². The third-order valence-corrected chi connectivity index (χ3v) is 7.07. The fourth-order valence-corrected chi connectivity index (χ4v) is 5.28. The Morgan fingerprint density at radius 3 is 2.14 bits per heavy atom. The van der Waals surface area contributed by atoms with E-state index < -0.39 is 5.89 Å². The fraction of sp³-hybridized carbons (Fsp3) is 0.250. The summed E-state index contributed by atoms with van der Waals surface area (Å²) in [6.45, 7) is 19.6. The number of aryl methyl sites for hydroxylation is 2. The lowest BCUT2D eigenvalue weighted by molar-refractivity contribution is -0.667. The van der Waals surface area contributed by atoms with Crippen LogP contribution in [0.25, 0.3) is 49.2 Å². The Morgan fingerprint density at radius 1 is 0.886 bits per heavy atom. The average molecular weight is 462 g/mol. The first kappa shape index (κ1) is 20.5. The van der Waals surface area contributed by atoms with Crippen molar-refractivity contribution in [1.82, 2.24) is 0 Å². The van der Waals surface area contributed by atoms with Crippen LogP contribution in [0.1, 0.15) is 50.4 Å². The van der Waals surface area contributed by atoms with Gasteiger partial charge in [0.2, 0.25) is 5.69 Å². The van der Waals surface area contributed by atoms with Crippen LogP contribution in [-0.4, -0.2) is 0 Å². The van der Waals surface area contributed by atoms with Crippen LogP contribution >= 0.6 is 0 Å². The number of hydrogen-bond acceptors (Lipinski definition) is 1. The number of nitrogens with zero attached hydrogens (tertiary/aromatic N) is 2. The van der Waals surface area contributed by atoms with Crippen molar-refractivity contribution in [1.29, 1.82) is 0 Å². The van der Waals surface area contributed by atoms with Gasteiger partial charge in [0.05, 0.1) is 13.5 Å². The molecule has 174 valence electrons. The molecule has 3 aromatic carbocycles. The molecule has 0 atom stereocenters. The van der Waals surface area contributed by atoms with E-state index >= 15 is 0 Å². The van der Waals surface area contributed by atoms with E-state index in [1.54, 1.807) is 0 Å². The molecule has 0 unspecified atom stereocenters. The van der Waals surface area contributed by atoms with Crippen molar-refractivity contribution < 1.29 is 11.7 Å². The zero-order valence-corrected chi connectivity index (χ0v) is 21.4. The zero-order chi connectivity index (χ0) is 26.8. The number of rotatable bonds is 3. The van der Waals surface area contributed by atoms with Crippen molar-refractivity contribution in [3.63, 3.8) is 0 Å². The Hall–Kier alpha value is -3.90. The summed E-state index contributed by atoms with van der Waals surface area (Å²) in [5.41, 5.74) is 10.2. The van der Waals surface area contributed by atoms with Gasteiger partial charge in [-0.25, -0.2) is 4.85 Å². The van der Waals surface area contributed by atoms with Crippen molar-refractivity contribution in [3.8, 4) is 22.4 Å². The number of pyridine rings is 1. The summed E-state index contributed by atoms with van der Waals surface area (Å²) in [5.74, 6) is -0.820. The van der Waals surface area contributed by atoms with Crippen LogP contribution in [0.4, 0.5) is 5.69 Å². The molecule has 0 bridgehead atoms. The summed E-state index contributed by atoms with van der Waals surface area (Å²) in [4.78, 5) is 3.81. The third kappa shape index (κ3) is 3.53. The topological polar surface area (TPSA) is 21.4 Å². The molecule has 35 heavy (non-hydrogen) atoms. The lowest BCUT2D eigenvalue weighted by atomic mass is 9.93. The molecular weight excluding hydrogens is 428 g/mol.